The predicted molar refractivity (Wildman–Crippen MR) is 364 cm³/mol. The second kappa shape index (κ2) is 20.9. The molecule has 0 amide bonds. The molecule has 2 aliphatic rings. The summed E-state index contributed by atoms with van der Waals surface area (Å²) in [6.07, 6.45) is 0. The van der Waals surface area contributed by atoms with Crippen LogP contribution in [0.4, 0.5) is 0 Å². The molecule has 91 heavy (non-hydrogen) atoms. The third kappa shape index (κ3) is 8.29. The molecule has 12 aromatic carbocycles. The lowest BCUT2D eigenvalue weighted by molar-refractivity contribution is 0.794. The zero-order chi connectivity index (χ0) is 60.0. The van der Waals surface area contributed by atoms with Gasteiger partial charge in [0, 0.05) is 55.7 Å². The van der Waals surface area contributed by atoms with E-state index in [9.17, 15) is 0 Å². The van der Waals surface area contributed by atoms with Gasteiger partial charge in [0.25, 0.3) is 0 Å². The van der Waals surface area contributed by atoms with Crippen molar-refractivity contribution < 1.29 is 0 Å². The van der Waals surface area contributed by atoms with Crippen LogP contribution in [0.15, 0.2) is 309 Å². The number of para-hydroxylation sites is 5. The average molecular weight is 1160 g/mol. The fourth-order valence-corrected chi connectivity index (χ4v) is 14.1. The van der Waals surface area contributed by atoms with E-state index < -0.39 is 5.41 Å². The Kier molecular flexibility index (Phi) is 11.9. The fourth-order valence-electron chi connectivity index (χ4n) is 14.1. The highest BCUT2D eigenvalue weighted by molar-refractivity contribution is 6.02. The van der Waals surface area contributed by atoms with Crippen molar-refractivity contribution in [3.63, 3.8) is 0 Å². The lowest BCUT2D eigenvalue weighted by Crippen LogP contribution is -2.25. The Bertz CT molecular complexity index is 5160. The third-order valence-electron chi connectivity index (χ3n) is 18.1. The van der Waals surface area contributed by atoms with E-state index in [1.165, 1.54) is 16.5 Å². The second-order valence-corrected chi connectivity index (χ2v) is 23.2. The smallest absolute Gasteiger partial charge is 0.164 e. The summed E-state index contributed by atoms with van der Waals surface area (Å²) in [6.45, 7) is 0. The van der Waals surface area contributed by atoms with Crippen molar-refractivity contribution in [3.8, 4) is 125 Å². The lowest BCUT2D eigenvalue weighted by atomic mass is 9.70. The van der Waals surface area contributed by atoms with E-state index in [0.29, 0.717) is 34.9 Å². The normalized spacial score (nSPS) is 13.5. The van der Waals surface area contributed by atoms with Crippen LogP contribution in [0.2, 0.25) is 0 Å². The molecule has 424 valence electrons. The molecule has 4 aromatic heterocycles. The van der Waals surface area contributed by atoms with Gasteiger partial charge in [-0.2, -0.15) is 0 Å². The highest BCUT2D eigenvalue weighted by atomic mass is 15.1. The Morgan fingerprint density at radius 3 is 1.14 bits per heavy atom. The van der Waals surface area contributed by atoms with Crippen LogP contribution >= 0.6 is 0 Å². The molecule has 0 aliphatic heterocycles. The lowest BCUT2D eigenvalue weighted by Gasteiger charge is -2.30. The SMILES string of the molecule is c1ccc(-c2nc(-c3ccc(-c4cc5ccccc5n4-c4ccccc4)cc3)nc(-c3cccc4c3-c3ccccc3C43c4ccccc4-c4c(-c5nc(-c6ccccc6)nc(-c6ccc(-c7nc8ccccc8n7-c7ccccc7)cc6)n5)cccc43)n2)cc1. The van der Waals surface area contributed by atoms with Gasteiger partial charge in [0.15, 0.2) is 34.9 Å². The summed E-state index contributed by atoms with van der Waals surface area (Å²) in [5, 5.41) is 1.18. The average Bonchev–Trinajstić information content (AvgIpc) is 1.51. The van der Waals surface area contributed by atoms with E-state index in [2.05, 4.69) is 270 Å². The number of nitrogens with zero attached hydrogens (tertiary/aromatic N) is 9. The van der Waals surface area contributed by atoms with E-state index >= 15 is 0 Å². The Morgan fingerprint density at radius 2 is 0.615 bits per heavy atom. The van der Waals surface area contributed by atoms with E-state index in [-0.39, 0.29) is 0 Å². The molecule has 1 spiro atoms. The molecule has 9 heteroatoms. The van der Waals surface area contributed by atoms with Crippen LogP contribution < -0.4 is 0 Å². The molecule has 0 fully saturated rings. The summed E-state index contributed by atoms with van der Waals surface area (Å²) in [4.78, 5) is 37.4. The molecule has 0 N–H and O–H groups in total. The molecule has 2 aliphatic carbocycles. The van der Waals surface area contributed by atoms with Gasteiger partial charge in [-0.25, -0.2) is 34.9 Å². The molecule has 0 saturated heterocycles. The number of rotatable bonds is 10. The van der Waals surface area contributed by atoms with Gasteiger partial charge in [0.1, 0.15) is 5.82 Å². The predicted octanol–water partition coefficient (Wildman–Crippen LogP) is 19.0. The molecule has 1 unspecified atom stereocenters. The number of hydrogen-bond donors (Lipinski definition) is 0. The summed E-state index contributed by atoms with van der Waals surface area (Å²) >= 11 is 0. The van der Waals surface area contributed by atoms with Crippen molar-refractivity contribution in [3.05, 3.63) is 332 Å². The minimum absolute atomic E-state index is 0.571. The van der Waals surface area contributed by atoms with Crippen molar-refractivity contribution >= 4 is 21.9 Å². The van der Waals surface area contributed by atoms with Gasteiger partial charge in [-0.15, -0.1) is 0 Å². The van der Waals surface area contributed by atoms with Crippen molar-refractivity contribution in [2.45, 2.75) is 5.41 Å². The maximum Gasteiger partial charge on any atom is 0.164 e. The Hall–Kier alpha value is -12.3. The quantitative estimate of drug-likeness (QED) is 0.134. The molecule has 1 atom stereocenters. The second-order valence-electron chi connectivity index (χ2n) is 23.2. The fraction of sp³-hybridized carbons (Fsp3) is 0.0122. The summed E-state index contributed by atoms with van der Waals surface area (Å²) < 4.78 is 4.56. The molecule has 0 bridgehead atoms. The van der Waals surface area contributed by atoms with Crippen LogP contribution in [-0.4, -0.2) is 44.0 Å². The summed E-state index contributed by atoms with van der Waals surface area (Å²) in [5.41, 5.74) is 22.2. The summed E-state index contributed by atoms with van der Waals surface area (Å²) in [5.74, 6) is 4.37. The van der Waals surface area contributed by atoms with E-state index in [0.717, 1.165) is 117 Å². The number of fused-ring (bicyclic) bond motifs is 12. The minimum atomic E-state index is -0.732. The van der Waals surface area contributed by atoms with Crippen molar-refractivity contribution in [2.24, 2.45) is 0 Å². The van der Waals surface area contributed by atoms with Crippen molar-refractivity contribution in [2.75, 3.05) is 0 Å². The summed E-state index contributed by atoms with van der Waals surface area (Å²) in [7, 11) is 0. The number of benzene rings is 12. The molecule has 18 rings (SSSR count). The summed E-state index contributed by atoms with van der Waals surface area (Å²) in [6, 6.07) is 109. The Labute approximate surface area is 524 Å². The standard InChI is InChI=1S/C82H51N9/c1-5-23-53(24-6-1)75-84-77(55-45-43-52(44-46-55)72-51-58-27-13-19-41-70(58)90(72)59-28-9-3-10-29-59)88-79(86-75)63-34-21-38-67-73(63)61-32-14-16-36-65(61)82(67)66-37-17-15-33-62(66)74-64(35-22-39-68(74)82)80-87-76(54-25-7-2-8-26-54)85-78(89-80)56-47-49-57(50-48-56)81-83-69-40-18-20-42-71(69)91(81)60-30-11-4-12-31-60/h1-51H. The molecule has 16 aromatic rings. The van der Waals surface area contributed by atoms with Gasteiger partial charge in [-0.3, -0.25) is 4.57 Å². The Balaban J connectivity index is 0.782. The first kappa shape index (κ1) is 51.9. The first-order chi connectivity index (χ1) is 45.1. The van der Waals surface area contributed by atoms with Crippen molar-refractivity contribution in [1.29, 1.82) is 0 Å². The van der Waals surface area contributed by atoms with Gasteiger partial charge in [0.05, 0.1) is 27.7 Å². The zero-order valence-electron chi connectivity index (χ0n) is 49.0. The van der Waals surface area contributed by atoms with E-state index in [1.54, 1.807) is 0 Å². The highest BCUT2D eigenvalue weighted by Crippen LogP contribution is 2.65. The molecule has 0 saturated carbocycles. The molecular formula is C82H51N9. The molecular weight excluding hydrogens is 1110 g/mol. The third-order valence-corrected chi connectivity index (χ3v) is 18.1. The van der Waals surface area contributed by atoms with Gasteiger partial charge in [-0.05, 0) is 98.6 Å². The van der Waals surface area contributed by atoms with E-state index in [4.69, 9.17) is 34.9 Å². The van der Waals surface area contributed by atoms with Crippen LogP contribution in [0, 0.1) is 0 Å². The van der Waals surface area contributed by atoms with Gasteiger partial charge in [0.2, 0.25) is 0 Å². The van der Waals surface area contributed by atoms with Crippen LogP contribution in [0.1, 0.15) is 22.3 Å². The molecule has 0 radical (unpaired) electrons. The van der Waals surface area contributed by atoms with Gasteiger partial charge >= 0.3 is 0 Å². The maximum absolute atomic E-state index is 5.47. The Morgan fingerprint density at radius 1 is 0.242 bits per heavy atom. The molecule has 4 heterocycles. The van der Waals surface area contributed by atoms with Crippen LogP contribution in [0.5, 0.6) is 0 Å². The van der Waals surface area contributed by atoms with Crippen molar-refractivity contribution in [1.82, 2.24) is 44.0 Å². The highest BCUT2D eigenvalue weighted by Gasteiger charge is 2.53. The number of hydrogen-bond acceptors (Lipinski definition) is 7. The van der Waals surface area contributed by atoms with Gasteiger partial charge in [-0.1, -0.05) is 261 Å². The maximum atomic E-state index is 5.47. The number of aromatic nitrogens is 9. The van der Waals surface area contributed by atoms with Crippen LogP contribution in [0.3, 0.4) is 0 Å². The number of imidazole rings is 1. The first-order valence-electron chi connectivity index (χ1n) is 30.6. The first-order valence-corrected chi connectivity index (χ1v) is 30.6. The largest absolute Gasteiger partial charge is 0.309 e. The van der Waals surface area contributed by atoms with Gasteiger partial charge < -0.3 is 4.57 Å². The van der Waals surface area contributed by atoms with Crippen LogP contribution in [0.25, 0.3) is 147 Å². The van der Waals surface area contributed by atoms with Crippen LogP contribution in [-0.2, 0) is 5.41 Å². The molecule has 9 nitrogen and oxygen atoms in total. The van der Waals surface area contributed by atoms with E-state index in [1.807, 2.05) is 48.5 Å². The topological polar surface area (TPSA) is 100 Å². The zero-order valence-corrected chi connectivity index (χ0v) is 49.0. The monoisotopic (exact) mass is 1160 g/mol. The minimum Gasteiger partial charge on any atom is -0.309 e.